The van der Waals surface area contributed by atoms with Crippen molar-refractivity contribution in [2.75, 3.05) is 0 Å². The van der Waals surface area contributed by atoms with E-state index in [1.165, 1.54) is 30.7 Å². The molecule has 2 rings (SSSR count). The van der Waals surface area contributed by atoms with Crippen LogP contribution in [0, 0.1) is 27.9 Å². The number of rotatable bonds is 4. The van der Waals surface area contributed by atoms with Crippen molar-refractivity contribution in [3.8, 4) is 0 Å². The summed E-state index contributed by atoms with van der Waals surface area (Å²) in [6.07, 6.45) is 3.08. The molecular weight excluding hydrogens is 282 g/mol. The summed E-state index contributed by atoms with van der Waals surface area (Å²) in [5.74, 6) is 1.03. The first kappa shape index (κ1) is 16.5. The molecular formula is C17H23NO4. The van der Waals surface area contributed by atoms with Gasteiger partial charge in [-0.2, -0.15) is 0 Å². The van der Waals surface area contributed by atoms with E-state index >= 15 is 0 Å². The van der Waals surface area contributed by atoms with Crippen LogP contribution in [0.4, 0.5) is 5.69 Å². The third-order valence-corrected chi connectivity index (χ3v) is 4.53. The molecule has 0 heterocycles. The van der Waals surface area contributed by atoms with Crippen LogP contribution < -0.4 is 0 Å². The maximum absolute atomic E-state index is 12.3. The fourth-order valence-corrected chi connectivity index (χ4v) is 3.17. The summed E-state index contributed by atoms with van der Waals surface area (Å²) in [5.41, 5.74) is 0.342. The number of hydrogen-bond acceptors (Lipinski definition) is 4. The van der Waals surface area contributed by atoms with E-state index in [9.17, 15) is 14.9 Å². The molecule has 1 aromatic carbocycles. The van der Waals surface area contributed by atoms with Crippen LogP contribution in [0.3, 0.4) is 0 Å². The second-order valence-corrected chi connectivity index (χ2v) is 6.57. The summed E-state index contributed by atoms with van der Waals surface area (Å²) in [6.45, 7) is 6.50. The standard InChI is InChI=1S/C17H23NO4/c1-11(2)15-9-4-12(3)10-16(15)22-17(19)13-5-7-14(8-6-13)18(20)21/h5-8,11-12,15-16H,4,9-10H2,1-3H3/t12-,15+,16-/m1/s1. The van der Waals surface area contributed by atoms with Crippen molar-refractivity contribution in [2.24, 2.45) is 17.8 Å². The Hall–Kier alpha value is -1.91. The Bertz CT molecular complexity index is 538. The summed E-state index contributed by atoms with van der Waals surface area (Å²) in [6, 6.07) is 5.58. The molecule has 1 aliphatic rings. The third-order valence-electron chi connectivity index (χ3n) is 4.53. The number of carbonyl (C=O) groups excluding carboxylic acids is 1. The third kappa shape index (κ3) is 3.84. The Kier molecular flexibility index (Phi) is 5.16. The molecule has 1 aromatic rings. The van der Waals surface area contributed by atoms with Crippen molar-refractivity contribution in [3.63, 3.8) is 0 Å². The monoisotopic (exact) mass is 305 g/mol. The molecule has 0 saturated heterocycles. The Morgan fingerprint density at radius 2 is 1.91 bits per heavy atom. The van der Waals surface area contributed by atoms with Gasteiger partial charge in [0.05, 0.1) is 10.5 Å². The Morgan fingerprint density at radius 1 is 1.27 bits per heavy atom. The fraction of sp³-hybridized carbons (Fsp3) is 0.588. The average molecular weight is 305 g/mol. The molecule has 0 spiro atoms. The van der Waals surface area contributed by atoms with Gasteiger partial charge in [-0.1, -0.05) is 27.2 Å². The van der Waals surface area contributed by atoms with Gasteiger partial charge in [-0.3, -0.25) is 10.1 Å². The molecule has 1 aliphatic carbocycles. The van der Waals surface area contributed by atoms with Crippen molar-refractivity contribution in [1.29, 1.82) is 0 Å². The molecule has 3 atom stereocenters. The number of nitro groups is 1. The lowest BCUT2D eigenvalue weighted by molar-refractivity contribution is -0.384. The number of ether oxygens (including phenoxy) is 1. The van der Waals surface area contributed by atoms with Crippen molar-refractivity contribution in [1.82, 2.24) is 0 Å². The molecule has 0 N–H and O–H groups in total. The Labute approximate surface area is 130 Å². The Morgan fingerprint density at radius 3 is 2.45 bits per heavy atom. The smallest absolute Gasteiger partial charge is 0.338 e. The lowest BCUT2D eigenvalue weighted by Crippen LogP contribution is -2.35. The molecule has 120 valence electrons. The van der Waals surface area contributed by atoms with Gasteiger partial charge in [-0.05, 0) is 42.7 Å². The lowest BCUT2D eigenvalue weighted by Gasteiger charge is -2.36. The fourth-order valence-electron chi connectivity index (χ4n) is 3.17. The van der Waals surface area contributed by atoms with Crippen LogP contribution in [-0.4, -0.2) is 17.0 Å². The topological polar surface area (TPSA) is 69.4 Å². The number of nitro benzene ring substituents is 1. The number of benzene rings is 1. The molecule has 0 bridgehead atoms. The minimum absolute atomic E-state index is 0.0251. The van der Waals surface area contributed by atoms with Gasteiger partial charge >= 0.3 is 5.97 Å². The van der Waals surface area contributed by atoms with Crippen LogP contribution >= 0.6 is 0 Å². The maximum Gasteiger partial charge on any atom is 0.338 e. The van der Waals surface area contributed by atoms with E-state index in [1.807, 2.05) is 0 Å². The first-order valence-electron chi connectivity index (χ1n) is 7.84. The minimum atomic E-state index is -0.479. The van der Waals surface area contributed by atoms with Gasteiger partial charge in [0.2, 0.25) is 0 Å². The molecule has 1 saturated carbocycles. The predicted molar refractivity (Wildman–Crippen MR) is 83.6 cm³/mol. The average Bonchev–Trinajstić information content (AvgIpc) is 2.47. The van der Waals surface area contributed by atoms with Gasteiger partial charge in [-0.25, -0.2) is 4.79 Å². The van der Waals surface area contributed by atoms with E-state index in [1.54, 1.807) is 0 Å². The summed E-state index contributed by atoms with van der Waals surface area (Å²) < 4.78 is 5.71. The van der Waals surface area contributed by atoms with Gasteiger partial charge in [-0.15, -0.1) is 0 Å². The molecule has 0 aliphatic heterocycles. The SMILES string of the molecule is CC(C)[C@@H]1CC[C@@H](C)C[C@H]1OC(=O)c1ccc([N+](=O)[O-])cc1. The summed E-state index contributed by atoms with van der Waals surface area (Å²) in [7, 11) is 0. The van der Waals surface area contributed by atoms with Crippen LogP contribution in [-0.2, 0) is 4.74 Å². The van der Waals surface area contributed by atoms with E-state index in [-0.39, 0.29) is 17.8 Å². The largest absolute Gasteiger partial charge is 0.458 e. The molecule has 22 heavy (non-hydrogen) atoms. The summed E-state index contributed by atoms with van der Waals surface area (Å²) >= 11 is 0. The van der Waals surface area contributed by atoms with Crippen LogP contribution in [0.15, 0.2) is 24.3 Å². The quantitative estimate of drug-likeness (QED) is 0.474. The molecule has 1 fully saturated rings. The van der Waals surface area contributed by atoms with E-state index in [0.29, 0.717) is 23.3 Å². The van der Waals surface area contributed by atoms with Gasteiger partial charge in [0, 0.05) is 12.1 Å². The van der Waals surface area contributed by atoms with Crippen LogP contribution in [0.1, 0.15) is 50.4 Å². The van der Waals surface area contributed by atoms with Gasteiger partial charge < -0.3 is 4.74 Å². The molecule has 0 radical (unpaired) electrons. The highest BCUT2D eigenvalue weighted by Crippen LogP contribution is 2.35. The predicted octanol–water partition coefficient (Wildman–Crippen LogP) is 4.21. The number of hydrogen-bond donors (Lipinski definition) is 0. The highest BCUT2D eigenvalue weighted by Gasteiger charge is 2.33. The molecule has 5 nitrogen and oxygen atoms in total. The zero-order valence-electron chi connectivity index (χ0n) is 13.3. The second-order valence-electron chi connectivity index (χ2n) is 6.57. The van der Waals surface area contributed by atoms with Gasteiger partial charge in [0.25, 0.3) is 5.69 Å². The maximum atomic E-state index is 12.3. The number of carbonyl (C=O) groups is 1. The van der Waals surface area contributed by atoms with Crippen LogP contribution in [0.2, 0.25) is 0 Å². The first-order valence-corrected chi connectivity index (χ1v) is 7.84. The number of nitrogens with zero attached hydrogens (tertiary/aromatic N) is 1. The van der Waals surface area contributed by atoms with Gasteiger partial charge in [0.15, 0.2) is 0 Å². The lowest BCUT2D eigenvalue weighted by atomic mass is 9.75. The van der Waals surface area contributed by atoms with Crippen molar-refractivity contribution < 1.29 is 14.5 Å². The van der Waals surface area contributed by atoms with E-state index in [0.717, 1.165) is 12.8 Å². The zero-order valence-corrected chi connectivity index (χ0v) is 13.3. The normalized spacial score (nSPS) is 25.0. The summed E-state index contributed by atoms with van der Waals surface area (Å²) in [5, 5.41) is 10.6. The molecule has 0 unspecified atom stereocenters. The van der Waals surface area contributed by atoms with E-state index in [2.05, 4.69) is 20.8 Å². The first-order chi connectivity index (χ1) is 10.4. The number of esters is 1. The van der Waals surface area contributed by atoms with Crippen molar-refractivity contribution in [2.45, 2.75) is 46.1 Å². The summed E-state index contributed by atoms with van der Waals surface area (Å²) in [4.78, 5) is 22.4. The van der Waals surface area contributed by atoms with Gasteiger partial charge in [0.1, 0.15) is 6.10 Å². The highest BCUT2D eigenvalue weighted by atomic mass is 16.6. The Balaban J connectivity index is 2.07. The van der Waals surface area contributed by atoms with E-state index in [4.69, 9.17) is 4.74 Å². The second kappa shape index (κ2) is 6.90. The van der Waals surface area contributed by atoms with Crippen LogP contribution in [0.5, 0.6) is 0 Å². The van der Waals surface area contributed by atoms with E-state index < -0.39 is 4.92 Å². The molecule has 5 heteroatoms. The highest BCUT2D eigenvalue weighted by molar-refractivity contribution is 5.89. The number of non-ortho nitro benzene ring substituents is 1. The van der Waals surface area contributed by atoms with Crippen molar-refractivity contribution in [3.05, 3.63) is 39.9 Å². The van der Waals surface area contributed by atoms with Crippen LogP contribution in [0.25, 0.3) is 0 Å². The molecule has 0 aromatic heterocycles. The molecule has 0 amide bonds. The zero-order chi connectivity index (χ0) is 16.3. The minimum Gasteiger partial charge on any atom is -0.458 e. The van der Waals surface area contributed by atoms with Crippen molar-refractivity contribution >= 4 is 11.7 Å².